The molecule has 0 radical (unpaired) electrons. The van der Waals surface area contributed by atoms with Crippen molar-refractivity contribution in [2.45, 2.75) is 155 Å². The summed E-state index contributed by atoms with van der Waals surface area (Å²) in [6.45, 7) is 5.19. The highest BCUT2D eigenvalue weighted by Crippen LogP contribution is 2.38. The largest absolute Gasteiger partial charge is 0.756 e. The van der Waals surface area contributed by atoms with Crippen molar-refractivity contribution < 1.29 is 37.3 Å². The Labute approximate surface area is 320 Å². The van der Waals surface area contributed by atoms with Crippen molar-refractivity contribution in [1.29, 1.82) is 0 Å². The number of carbonyl (C=O) groups excluding carboxylic acids is 1. The van der Waals surface area contributed by atoms with Gasteiger partial charge in [-0.25, -0.2) is 0 Å². The molecule has 0 rings (SSSR count). The van der Waals surface area contributed by atoms with E-state index >= 15 is 0 Å². The van der Waals surface area contributed by atoms with E-state index in [9.17, 15) is 14.3 Å². The van der Waals surface area contributed by atoms with E-state index in [4.69, 9.17) is 18.5 Å². The first-order chi connectivity index (χ1) is 25.1. The SMILES string of the molecule is CC/C=C\C/C=C\C/C=C\C/C=C\C/C=C\CCC(=O)O[C@H](COCCCCCCCCCCCCCCCC)COP(=O)([O-])OCC[N+](C)(C)C. The maximum atomic E-state index is 12.6. The number of carbonyl (C=O) groups is 1. The van der Waals surface area contributed by atoms with E-state index in [1.54, 1.807) is 0 Å². The van der Waals surface area contributed by atoms with Crippen LogP contribution in [0, 0.1) is 0 Å². The average Bonchev–Trinajstić information content (AvgIpc) is 3.09. The van der Waals surface area contributed by atoms with E-state index in [2.05, 4.69) is 62.5 Å². The first kappa shape index (κ1) is 50.2. The van der Waals surface area contributed by atoms with Crippen molar-refractivity contribution in [2.75, 3.05) is 54.1 Å². The third-order valence-corrected chi connectivity index (χ3v) is 9.31. The van der Waals surface area contributed by atoms with Crippen LogP contribution in [0.25, 0.3) is 0 Å². The number of quaternary nitrogens is 1. The summed E-state index contributed by atoms with van der Waals surface area (Å²) in [5.74, 6) is -0.416. The van der Waals surface area contributed by atoms with Crippen LogP contribution in [0.4, 0.5) is 0 Å². The lowest BCUT2D eigenvalue weighted by molar-refractivity contribution is -0.870. The van der Waals surface area contributed by atoms with Crippen LogP contribution in [0.1, 0.15) is 149 Å². The van der Waals surface area contributed by atoms with Gasteiger partial charge < -0.3 is 27.9 Å². The fraction of sp³-hybridized carbons (Fsp3) is 0.744. The second-order valence-electron chi connectivity index (χ2n) is 14.6. The first-order valence-electron chi connectivity index (χ1n) is 20.5. The number of likely N-dealkylation sites (N-methyl/N-ethyl adjacent to an activating group) is 1. The Kier molecular flexibility index (Phi) is 34.9. The van der Waals surface area contributed by atoms with Gasteiger partial charge in [0.25, 0.3) is 7.82 Å². The maximum Gasteiger partial charge on any atom is 0.306 e. The van der Waals surface area contributed by atoms with Gasteiger partial charge in [0.05, 0.1) is 34.4 Å². The van der Waals surface area contributed by atoms with Crippen molar-refractivity contribution in [3.05, 3.63) is 60.8 Å². The second kappa shape index (κ2) is 36.2. The summed E-state index contributed by atoms with van der Waals surface area (Å²) in [5.41, 5.74) is 0. The molecule has 0 aliphatic heterocycles. The minimum atomic E-state index is -4.54. The zero-order valence-corrected chi connectivity index (χ0v) is 34.9. The van der Waals surface area contributed by atoms with Crippen LogP contribution in [0.2, 0.25) is 0 Å². The molecule has 1 unspecified atom stereocenters. The smallest absolute Gasteiger partial charge is 0.306 e. The Morgan fingerprint density at radius 1 is 0.615 bits per heavy atom. The zero-order valence-electron chi connectivity index (χ0n) is 34.0. The Morgan fingerprint density at radius 2 is 1.08 bits per heavy atom. The Hall–Kier alpha value is -1.80. The Morgan fingerprint density at radius 3 is 1.56 bits per heavy atom. The van der Waals surface area contributed by atoms with Gasteiger partial charge in [-0.05, 0) is 44.9 Å². The van der Waals surface area contributed by atoms with Crippen molar-refractivity contribution in [3.8, 4) is 0 Å². The van der Waals surface area contributed by atoms with E-state index in [1.807, 2.05) is 33.3 Å². The third kappa shape index (κ3) is 39.4. The fourth-order valence-corrected chi connectivity index (χ4v) is 5.91. The molecule has 0 saturated heterocycles. The van der Waals surface area contributed by atoms with E-state index in [0.717, 1.165) is 44.9 Å². The van der Waals surface area contributed by atoms with Gasteiger partial charge in [0.1, 0.15) is 19.3 Å². The minimum absolute atomic E-state index is 0.0115. The molecule has 0 bridgehead atoms. The van der Waals surface area contributed by atoms with Crippen LogP contribution < -0.4 is 4.89 Å². The lowest BCUT2D eigenvalue weighted by Crippen LogP contribution is -2.37. The second-order valence-corrected chi connectivity index (χ2v) is 16.0. The topological polar surface area (TPSA) is 94.1 Å². The molecule has 0 fully saturated rings. The lowest BCUT2D eigenvalue weighted by atomic mass is 10.0. The highest BCUT2D eigenvalue weighted by molar-refractivity contribution is 7.45. The quantitative estimate of drug-likeness (QED) is 0.0205. The molecule has 8 nitrogen and oxygen atoms in total. The van der Waals surface area contributed by atoms with Crippen molar-refractivity contribution in [2.24, 2.45) is 0 Å². The number of phosphoric acid groups is 1. The van der Waals surface area contributed by atoms with Gasteiger partial charge in [-0.15, -0.1) is 0 Å². The number of hydrogen-bond acceptors (Lipinski definition) is 7. The van der Waals surface area contributed by atoms with E-state index in [-0.39, 0.29) is 26.2 Å². The maximum absolute atomic E-state index is 12.6. The average molecular weight is 752 g/mol. The number of nitrogens with zero attached hydrogens (tertiary/aromatic N) is 1. The van der Waals surface area contributed by atoms with Gasteiger partial charge in [0, 0.05) is 13.0 Å². The van der Waals surface area contributed by atoms with Crippen molar-refractivity contribution >= 4 is 13.8 Å². The molecule has 0 aliphatic carbocycles. The first-order valence-corrected chi connectivity index (χ1v) is 22.0. The number of rotatable bonds is 37. The van der Waals surface area contributed by atoms with E-state index in [1.165, 1.54) is 77.0 Å². The predicted molar refractivity (Wildman–Crippen MR) is 217 cm³/mol. The van der Waals surface area contributed by atoms with Gasteiger partial charge in [-0.3, -0.25) is 9.36 Å². The number of allylic oxidation sites excluding steroid dienone is 10. The molecule has 0 spiro atoms. The Bertz CT molecular complexity index is 1020. The van der Waals surface area contributed by atoms with E-state index < -0.39 is 19.9 Å². The monoisotopic (exact) mass is 752 g/mol. The van der Waals surface area contributed by atoms with Gasteiger partial charge in [0.2, 0.25) is 0 Å². The molecular weight excluding hydrogens is 673 g/mol. The zero-order chi connectivity index (χ0) is 38.4. The number of ether oxygens (including phenoxy) is 2. The molecule has 0 heterocycles. The van der Waals surface area contributed by atoms with Crippen molar-refractivity contribution in [1.82, 2.24) is 0 Å². The minimum Gasteiger partial charge on any atom is -0.756 e. The summed E-state index contributed by atoms with van der Waals surface area (Å²) in [6.07, 6.45) is 43.9. The summed E-state index contributed by atoms with van der Waals surface area (Å²) in [5, 5.41) is 0. The molecule has 302 valence electrons. The molecule has 0 aromatic rings. The third-order valence-electron chi connectivity index (χ3n) is 8.35. The molecule has 0 amide bonds. The van der Waals surface area contributed by atoms with Crippen LogP contribution in [0.5, 0.6) is 0 Å². The molecule has 0 aromatic carbocycles. The summed E-state index contributed by atoms with van der Waals surface area (Å²) in [4.78, 5) is 24.9. The highest BCUT2D eigenvalue weighted by Gasteiger charge is 2.20. The van der Waals surface area contributed by atoms with Gasteiger partial charge in [-0.1, -0.05) is 158 Å². The van der Waals surface area contributed by atoms with Gasteiger partial charge >= 0.3 is 5.97 Å². The molecule has 0 aliphatic rings. The molecule has 2 atom stereocenters. The molecule has 0 saturated carbocycles. The molecule has 0 N–H and O–H groups in total. The van der Waals surface area contributed by atoms with E-state index in [0.29, 0.717) is 24.1 Å². The van der Waals surface area contributed by atoms with Gasteiger partial charge in [-0.2, -0.15) is 0 Å². The molecule has 9 heteroatoms. The van der Waals surface area contributed by atoms with Crippen molar-refractivity contribution in [3.63, 3.8) is 0 Å². The van der Waals surface area contributed by atoms with Crippen LogP contribution in [0.3, 0.4) is 0 Å². The highest BCUT2D eigenvalue weighted by atomic mass is 31.2. The summed E-state index contributed by atoms with van der Waals surface area (Å²) < 4.78 is 34.4. The Balaban J connectivity index is 4.40. The van der Waals surface area contributed by atoms with Crippen LogP contribution in [-0.4, -0.2) is 70.7 Å². The van der Waals surface area contributed by atoms with Crippen LogP contribution in [0.15, 0.2) is 60.8 Å². The summed E-state index contributed by atoms with van der Waals surface area (Å²) >= 11 is 0. The molecular formula is C43H78NO7P. The number of hydrogen-bond donors (Lipinski definition) is 0. The number of unbranched alkanes of at least 4 members (excludes halogenated alkanes) is 13. The van der Waals surface area contributed by atoms with Crippen LogP contribution >= 0.6 is 7.82 Å². The lowest BCUT2D eigenvalue weighted by Gasteiger charge is -2.28. The number of esters is 1. The summed E-state index contributed by atoms with van der Waals surface area (Å²) in [6, 6.07) is 0. The normalized spacial score (nSPS) is 14.5. The summed E-state index contributed by atoms with van der Waals surface area (Å²) in [7, 11) is 1.31. The molecule has 52 heavy (non-hydrogen) atoms. The predicted octanol–water partition coefficient (Wildman–Crippen LogP) is 11.1. The van der Waals surface area contributed by atoms with Gasteiger partial charge in [0.15, 0.2) is 0 Å². The van der Waals surface area contributed by atoms with Crippen LogP contribution in [-0.2, 0) is 27.9 Å². The standard InChI is InChI=1S/C43H78NO7P/c1-6-8-10-12-14-16-18-20-22-23-24-26-28-30-32-34-36-43(45)51-42(41-50-52(46,47)49-39-37-44(3,4)5)40-48-38-35-33-31-29-27-25-21-19-17-15-13-11-9-7-2/h8,10,14,16,20,22,24,26,30,32,42H,6-7,9,11-13,15,17-19,21,23,25,27-29,31,33-41H2,1-5H3/b10-8-,16-14-,22-20-,26-24-,32-30-/t42-/m1/s1. The fourth-order valence-electron chi connectivity index (χ4n) is 5.18. The molecule has 0 aromatic heterocycles. The number of phosphoric ester groups is 1.